The minimum absolute atomic E-state index is 0.0433. The van der Waals surface area contributed by atoms with Crippen LogP contribution in [0.2, 0.25) is 0 Å². The molecule has 2 aromatic rings. The van der Waals surface area contributed by atoms with E-state index in [-0.39, 0.29) is 23.8 Å². The molecule has 2 aromatic carbocycles. The Hall–Kier alpha value is -4.53. The Morgan fingerprint density at radius 1 is 0.571 bits per heavy atom. The highest BCUT2D eigenvalue weighted by molar-refractivity contribution is 6.23. The molecule has 9 heteroatoms. The van der Waals surface area contributed by atoms with Crippen molar-refractivity contribution in [3.8, 4) is 0 Å². The first-order valence-electron chi connectivity index (χ1n) is 17.7. The molecule has 2 saturated heterocycles. The third-order valence-electron chi connectivity index (χ3n) is 7.01. The number of benzene rings is 2. The Bertz CT molecular complexity index is 1410. The summed E-state index contributed by atoms with van der Waals surface area (Å²) in [5, 5.41) is 5.32. The maximum atomic E-state index is 12.2. The fourth-order valence-corrected chi connectivity index (χ4v) is 5.09. The highest BCUT2D eigenvalue weighted by Crippen LogP contribution is 2.29. The van der Waals surface area contributed by atoms with Gasteiger partial charge in [0.15, 0.2) is 0 Å². The van der Waals surface area contributed by atoms with E-state index in [1.165, 1.54) is 25.7 Å². The van der Waals surface area contributed by atoms with Crippen molar-refractivity contribution >= 4 is 29.5 Å². The summed E-state index contributed by atoms with van der Waals surface area (Å²) in [5.41, 5.74) is 3.81. The Labute approximate surface area is 294 Å². The van der Waals surface area contributed by atoms with Gasteiger partial charge in [-0.15, -0.1) is 0 Å². The lowest BCUT2D eigenvalue weighted by molar-refractivity contribution is -0.126. The van der Waals surface area contributed by atoms with Crippen molar-refractivity contribution < 1.29 is 24.0 Å². The molecule has 0 saturated carbocycles. The zero-order chi connectivity index (χ0) is 37.1. The van der Waals surface area contributed by atoms with Crippen molar-refractivity contribution in [2.45, 2.75) is 125 Å². The fourth-order valence-electron chi connectivity index (χ4n) is 5.09. The van der Waals surface area contributed by atoms with E-state index in [2.05, 4.69) is 79.2 Å². The number of nitrogens with one attached hydrogen (secondary N) is 2. The summed E-state index contributed by atoms with van der Waals surface area (Å²) < 4.78 is 0. The summed E-state index contributed by atoms with van der Waals surface area (Å²) in [6.45, 7) is 25.0. The second-order valence-corrected chi connectivity index (χ2v) is 12.2. The molecule has 0 bridgehead atoms. The molecule has 0 radical (unpaired) electrons. The first kappa shape index (κ1) is 42.5. The number of imide groups is 1. The quantitative estimate of drug-likeness (QED) is 0.312. The Balaban J connectivity index is 0.000000372. The van der Waals surface area contributed by atoms with Gasteiger partial charge in [0.25, 0.3) is 17.7 Å². The molecule has 4 heterocycles. The van der Waals surface area contributed by atoms with Gasteiger partial charge in [0.1, 0.15) is 12.1 Å². The number of nitrogens with zero attached hydrogens (tertiary/aromatic N) is 2. The van der Waals surface area contributed by atoms with Crippen LogP contribution in [0.15, 0.2) is 73.1 Å². The Morgan fingerprint density at radius 2 is 0.939 bits per heavy atom. The maximum Gasteiger partial charge on any atom is 0.262 e. The Morgan fingerprint density at radius 3 is 1.33 bits per heavy atom. The molecule has 2 unspecified atom stereocenters. The molecular weight excluding hydrogens is 616 g/mol. The molecule has 5 amide bonds. The third-order valence-corrected chi connectivity index (χ3v) is 7.01. The van der Waals surface area contributed by atoms with Crippen molar-refractivity contribution in [3.05, 3.63) is 95.3 Å². The molecule has 4 aliphatic heterocycles. The fraction of sp³-hybridized carbons (Fsp3) is 0.475. The van der Waals surface area contributed by atoms with Crippen LogP contribution in [0.4, 0.5) is 0 Å². The predicted molar refractivity (Wildman–Crippen MR) is 198 cm³/mol. The van der Waals surface area contributed by atoms with Crippen LogP contribution in [0.1, 0.15) is 143 Å². The SMILES string of the molecule is C=C1CCC(N2C(=O)c3ccccc3C2=O)C(=O)N1.C=C1CCC(N2Cc3ccccc3C2=O)C(=O)N1.CCC.CCC.CCC.CCC. The molecule has 49 heavy (non-hydrogen) atoms. The van der Waals surface area contributed by atoms with E-state index in [1.807, 2.05) is 24.3 Å². The van der Waals surface area contributed by atoms with Crippen LogP contribution in [-0.2, 0) is 16.1 Å². The number of carbonyl (C=O) groups excluding carboxylic acids is 5. The normalized spacial score (nSPS) is 18.7. The number of hydrogen-bond donors (Lipinski definition) is 2. The van der Waals surface area contributed by atoms with Gasteiger partial charge in [0, 0.05) is 23.5 Å². The standard InChI is InChI=1S/C14H12N2O3.C14H14N2O2.4C3H8/c1-8-6-7-11(12(17)15-8)16-13(18)9-4-2-3-5-10(9)14(16)19;1-9-6-7-12(13(17)15-9)16-8-10-4-2-3-5-11(10)14(16)18;4*1-3-2/h2-5,11H,1,6-7H2,(H,15,17);2-5,12H,1,6-8H2,(H,15,17);4*3H2,1-2H3. The first-order chi connectivity index (χ1) is 23.4. The number of hydrogen-bond acceptors (Lipinski definition) is 5. The summed E-state index contributed by atoms with van der Waals surface area (Å²) in [5.74, 6) is -1.29. The summed E-state index contributed by atoms with van der Waals surface area (Å²) in [7, 11) is 0. The molecule has 2 fully saturated rings. The van der Waals surface area contributed by atoms with Crippen LogP contribution in [0.25, 0.3) is 0 Å². The first-order valence-corrected chi connectivity index (χ1v) is 17.7. The highest BCUT2D eigenvalue weighted by atomic mass is 16.2. The van der Waals surface area contributed by atoms with E-state index in [4.69, 9.17) is 0 Å². The van der Waals surface area contributed by atoms with E-state index in [9.17, 15) is 24.0 Å². The number of amides is 5. The average Bonchev–Trinajstić information content (AvgIpc) is 3.52. The van der Waals surface area contributed by atoms with E-state index in [0.717, 1.165) is 28.1 Å². The van der Waals surface area contributed by atoms with E-state index < -0.39 is 17.9 Å². The molecule has 2 N–H and O–H groups in total. The molecule has 0 spiro atoms. The van der Waals surface area contributed by atoms with Crippen LogP contribution in [0.3, 0.4) is 0 Å². The van der Waals surface area contributed by atoms with Crippen molar-refractivity contribution in [1.29, 1.82) is 0 Å². The van der Waals surface area contributed by atoms with Crippen LogP contribution in [-0.4, -0.2) is 51.4 Å². The minimum atomic E-state index is -0.738. The van der Waals surface area contributed by atoms with Gasteiger partial charge in [-0.25, -0.2) is 0 Å². The molecule has 268 valence electrons. The zero-order valence-electron chi connectivity index (χ0n) is 31.0. The van der Waals surface area contributed by atoms with Gasteiger partial charge in [0.2, 0.25) is 11.8 Å². The third kappa shape index (κ3) is 11.8. The van der Waals surface area contributed by atoms with E-state index in [1.54, 1.807) is 29.2 Å². The molecule has 4 aliphatic rings. The lowest BCUT2D eigenvalue weighted by Gasteiger charge is -2.30. The Kier molecular flexibility index (Phi) is 19.2. The molecule has 9 nitrogen and oxygen atoms in total. The van der Waals surface area contributed by atoms with Crippen LogP contribution < -0.4 is 10.6 Å². The molecular formula is C40H58N4O5. The number of carbonyl (C=O) groups is 5. The van der Waals surface area contributed by atoms with Crippen LogP contribution in [0.5, 0.6) is 0 Å². The largest absolute Gasteiger partial charge is 0.329 e. The molecule has 0 aromatic heterocycles. The summed E-state index contributed by atoms with van der Waals surface area (Å²) in [6.07, 6.45) is 7.39. The van der Waals surface area contributed by atoms with Gasteiger partial charge in [-0.3, -0.25) is 28.9 Å². The summed E-state index contributed by atoms with van der Waals surface area (Å²) in [4.78, 5) is 63.3. The van der Waals surface area contributed by atoms with E-state index in [0.29, 0.717) is 42.6 Å². The van der Waals surface area contributed by atoms with Crippen LogP contribution >= 0.6 is 0 Å². The molecule has 0 aliphatic carbocycles. The highest BCUT2D eigenvalue weighted by Gasteiger charge is 2.43. The maximum absolute atomic E-state index is 12.2. The average molecular weight is 675 g/mol. The number of allylic oxidation sites excluding steroid dienone is 2. The molecule has 6 rings (SSSR count). The van der Waals surface area contributed by atoms with Gasteiger partial charge in [-0.05, 0) is 49.4 Å². The van der Waals surface area contributed by atoms with Crippen molar-refractivity contribution in [3.63, 3.8) is 0 Å². The number of fused-ring (bicyclic) bond motifs is 2. The lowest BCUT2D eigenvalue weighted by Crippen LogP contribution is -2.51. The summed E-state index contributed by atoms with van der Waals surface area (Å²) >= 11 is 0. The number of piperidine rings is 2. The van der Waals surface area contributed by atoms with Crippen molar-refractivity contribution in [1.82, 2.24) is 20.4 Å². The smallest absolute Gasteiger partial charge is 0.262 e. The van der Waals surface area contributed by atoms with Crippen molar-refractivity contribution in [2.75, 3.05) is 0 Å². The lowest BCUT2D eigenvalue weighted by atomic mass is 10.0. The minimum Gasteiger partial charge on any atom is -0.329 e. The predicted octanol–water partition coefficient (Wildman–Crippen LogP) is 8.17. The van der Waals surface area contributed by atoms with Gasteiger partial charge in [-0.1, -0.05) is 125 Å². The monoisotopic (exact) mass is 674 g/mol. The van der Waals surface area contributed by atoms with Gasteiger partial charge >= 0.3 is 0 Å². The number of rotatable bonds is 2. The van der Waals surface area contributed by atoms with Gasteiger partial charge in [-0.2, -0.15) is 0 Å². The second-order valence-electron chi connectivity index (χ2n) is 12.2. The molecule has 2 atom stereocenters. The van der Waals surface area contributed by atoms with Crippen molar-refractivity contribution in [2.24, 2.45) is 0 Å². The van der Waals surface area contributed by atoms with Crippen LogP contribution in [0, 0.1) is 0 Å². The van der Waals surface area contributed by atoms with Gasteiger partial charge < -0.3 is 15.5 Å². The topological polar surface area (TPSA) is 116 Å². The summed E-state index contributed by atoms with van der Waals surface area (Å²) in [6, 6.07) is 13.0. The van der Waals surface area contributed by atoms with E-state index >= 15 is 0 Å². The second kappa shape index (κ2) is 22.2. The zero-order valence-corrected chi connectivity index (χ0v) is 31.0. The van der Waals surface area contributed by atoms with Gasteiger partial charge in [0.05, 0.1) is 11.1 Å².